The summed E-state index contributed by atoms with van der Waals surface area (Å²) in [5.41, 5.74) is 1.23. The van der Waals surface area contributed by atoms with E-state index in [4.69, 9.17) is 6.57 Å². The fraction of sp³-hybridized carbons (Fsp3) is 0.182. The lowest BCUT2D eigenvalue weighted by Gasteiger charge is -2.13. The van der Waals surface area contributed by atoms with Crippen LogP contribution in [0.3, 0.4) is 0 Å². The first-order valence-electron chi connectivity index (χ1n) is 8.80. The van der Waals surface area contributed by atoms with Gasteiger partial charge in [0.05, 0.1) is 12.1 Å². The summed E-state index contributed by atoms with van der Waals surface area (Å²) in [5, 5.41) is 9.65. The van der Waals surface area contributed by atoms with Crippen molar-refractivity contribution in [3.05, 3.63) is 76.9 Å². The Morgan fingerprint density at radius 2 is 1.69 bits per heavy atom. The largest absolute Gasteiger partial charge is 0.477 e. The summed E-state index contributed by atoms with van der Waals surface area (Å²) in [6.07, 6.45) is -4.01. The van der Waals surface area contributed by atoms with Crippen molar-refractivity contribution in [2.24, 2.45) is 7.05 Å². The first-order valence-corrected chi connectivity index (χ1v) is 8.80. The smallest absolute Gasteiger partial charge is 0.417 e. The van der Waals surface area contributed by atoms with Crippen LogP contribution in [0.5, 0.6) is 0 Å². The molecule has 0 spiro atoms. The van der Waals surface area contributed by atoms with Crippen molar-refractivity contribution in [1.82, 2.24) is 4.57 Å². The summed E-state index contributed by atoms with van der Waals surface area (Å²) in [6.45, 7) is 9.33. The molecule has 0 unspecified atom stereocenters. The second kappa shape index (κ2) is 7.47. The molecule has 0 saturated carbocycles. The van der Waals surface area contributed by atoms with Crippen molar-refractivity contribution < 1.29 is 23.1 Å². The van der Waals surface area contributed by atoms with Gasteiger partial charge in [0.2, 0.25) is 5.69 Å². The third kappa shape index (κ3) is 3.49. The molecule has 0 bridgehead atoms. The summed E-state index contributed by atoms with van der Waals surface area (Å²) in [4.78, 5) is 15.3. The molecular formula is C22H17F3N2O2. The summed E-state index contributed by atoms with van der Waals surface area (Å²) >= 11 is 0. The van der Waals surface area contributed by atoms with Crippen LogP contribution >= 0.6 is 0 Å². The summed E-state index contributed by atoms with van der Waals surface area (Å²) in [5.74, 6) is -1.17. The van der Waals surface area contributed by atoms with E-state index in [0.717, 1.165) is 6.07 Å². The fourth-order valence-electron chi connectivity index (χ4n) is 3.57. The lowest BCUT2D eigenvalue weighted by atomic mass is 9.96. The highest BCUT2D eigenvalue weighted by molar-refractivity contribution is 6.00. The molecule has 0 amide bonds. The molecular weight excluding hydrogens is 381 g/mol. The van der Waals surface area contributed by atoms with Crippen molar-refractivity contribution in [3.8, 4) is 22.3 Å². The van der Waals surface area contributed by atoms with Gasteiger partial charge in [0, 0.05) is 18.3 Å². The lowest BCUT2D eigenvalue weighted by Crippen LogP contribution is -2.07. The second-order valence-corrected chi connectivity index (χ2v) is 6.47. The van der Waals surface area contributed by atoms with E-state index in [1.54, 1.807) is 19.2 Å². The first-order chi connectivity index (χ1) is 13.7. The van der Waals surface area contributed by atoms with Crippen LogP contribution in [0.15, 0.2) is 48.5 Å². The number of carboxylic acid groups (broad SMARTS) is 1. The van der Waals surface area contributed by atoms with Crippen molar-refractivity contribution >= 4 is 11.7 Å². The number of halogens is 3. The minimum atomic E-state index is -4.49. The Hall–Kier alpha value is -3.53. The van der Waals surface area contributed by atoms with Crippen molar-refractivity contribution in [2.45, 2.75) is 19.5 Å². The molecule has 1 heterocycles. The van der Waals surface area contributed by atoms with E-state index >= 15 is 0 Å². The van der Waals surface area contributed by atoms with E-state index in [0.29, 0.717) is 23.2 Å². The van der Waals surface area contributed by atoms with Crippen LogP contribution in [0, 0.1) is 6.57 Å². The van der Waals surface area contributed by atoms with E-state index in [1.165, 1.54) is 34.9 Å². The normalized spacial score (nSPS) is 11.3. The SMILES string of the molecule is [C-]#[N+]c1c(-c2ccc(-c3ccccc3C(F)(F)F)cc2)c(C(=O)O)n(C)c1CC. The molecule has 3 aromatic rings. The summed E-state index contributed by atoms with van der Waals surface area (Å²) < 4.78 is 41.4. The van der Waals surface area contributed by atoms with Gasteiger partial charge in [-0.25, -0.2) is 9.64 Å². The highest BCUT2D eigenvalue weighted by Crippen LogP contribution is 2.41. The van der Waals surface area contributed by atoms with Gasteiger partial charge in [-0.3, -0.25) is 0 Å². The zero-order valence-corrected chi connectivity index (χ0v) is 15.7. The summed E-state index contributed by atoms with van der Waals surface area (Å²) in [6, 6.07) is 11.4. The van der Waals surface area contributed by atoms with Crippen LogP contribution in [-0.2, 0) is 19.6 Å². The predicted octanol–water partition coefficient (Wildman–Crippen LogP) is 6.19. The quantitative estimate of drug-likeness (QED) is 0.533. The zero-order chi connectivity index (χ0) is 21.3. The maximum atomic E-state index is 13.3. The topological polar surface area (TPSA) is 46.6 Å². The summed E-state index contributed by atoms with van der Waals surface area (Å²) in [7, 11) is 1.59. The van der Waals surface area contributed by atoms with Gasteiger partial charge in [0.15, 0.2) is 0 Å². The molecule has 0 aliphatic carbocycles. The third-order valence-corrected chi connectivity index (χ3v) is 4.85. The van der Waals surface area contributed by atoms with Crippen molar-refractivity contribution in [1.29, 1.82) is 0 Å². The van der Waals surface area contributed by atoms with Crippen molar-refractivity contribution in [3.63, 3.8) is 0 Å². The number of aromatic nitrogens is 1. The molecule has 0 fully saturated rings. The zero-order valence-electron chi connectivity index (χ0n) is 15.7. The van der Waals surface area contributed by atoms with Crippen LogP contribution in [-0.4, -0.2) is 15.6 Å². The Balaban J connectivity index is 2.17. The Kier molecular flexibility index (Phi) is 5.21. The van der Waals surface area contributed by atoms with Crippen molar-refractivity contribution in [2.75, 3.05) is 0 Å². The number of rotatable bonds is 4. The minimum absolute atomic E-state index is 0.0173. The minimum Gasteiger partial charge on any atom is -0.477 e. The molecule has 1 aromatic heterocycles. The standard InChI is InChI=1S/C22H17F3N2O2/c1-4-17-19(26-2)18(20(21(28)29)27(17)3)14-11-9-13(10-12-14)15-7-5-6-8-16(15)22(23,24)25/h5-12H,4H2,1,3H3,(H,28,29). The van der Waals surface area contributed by atoms with Crippen LogP contribution < -0.4 is 0 Å². The molecule has 0 aliphatic heterocycles. The molecule has 3 rings (SSSR count). The third-order valence-electron chi connectivity index (χ3n) is 4.85. The van der Waals surface area contributed by atoms with Crippen LogP contribution in [0.1, 0.15) is 28.7 Å². The van der Waals surface area contributed by atoms with Crippen LogP contribution in [0.2, 0.25) is 0 Å². The highest BCUT2D eigenvalue weighted by atomic mass is 19.4. The van der Waals surface area contributed by atoms with E-state index in [1.807, 2.05) is 6.92 Å². The number of carbonyl (C=O) groups is 1. The molecule has 2 aromatic carbocycles. The molecule has 29 heavy (non-hydrogen) atoms. The van der Waals surface area contributed by atoms with Crippen LogP contribution in [0.4, 0.5) is 18.9 Å². The number of alkyl halides is 3. The number of hydrogen-bond donors (Lipinski definition) is 1. The van der Waals surface area contributed by atoms with Gasteiger partial charge >= 0.3 is 12.1 Å². The maximum absolute atomic E-state index is 13.3. The molecule has 148 valence electrons. The average molecular weight is 398 g/mol. The van der Waals surface area contributed by atoms with E-state index < -0.39 is 17.7 Å². The van der Waals surface area contributed by atoms with E-state index in [2.05, 4.69) is 4.85 Å². The van der Waals surface area contributed by atoms with E-state index in [9.17, 15) is 23.1 Å². The van der Waals surface area contributed by atoms with Gasteiger partial charge in [0.25, 0.3) is 0 Å². The maximum Gasteiger partial charge on any atom is 0.417 e. The van der Waals surface area contributed by atoms with Gasteiger partial charge in [0.1, 0.15) is 5.69 Å². The van der Waals surface area contributed by atoms with Crippen LogP contribution in [0.25, 0.3) is 27.1 Å². The average Bonchev–Trinajstić information content (AvgIpc) is 2.99. The lowest BCUT2D eigenvalue weighted by molar-refractivity contribution is -0.137. The van der Waals surface area contributed by atoms with Gasteiger partial charge in [-0.1, -0.05) is 49.4 Å². The monoisotopic (exact) mass is 398 g/mol. The molecule has 7 heteroatoms. The van der Waals surface area contributed by atoms with Gasteiger partial charge in [-0.05, 0) is 29.2 Å². The van der Waals surface area contributed by atoms with E-state index in [-0.39, 0.29) is 22.5 Å². The molecule has 4 nitrogen and oxygen atoms in total. The number of carboxylic acids is 1. The number of benzene rings is 2. The Morgan fingerprint density at radius 1 is 1.10 bits per heavy atom. The number of nitrogens with zero attached hydrogens (tertiary/aromatic N) is 2. The Bertz CT molecular complexity index is 1120. The highest BCUT2D eigenvalue weighted by Gasteiger charge is 2.33. The van der Waals surface area contributed by atoms with Gasteiger partial charge in [-0.15, -0.1) is 0 Å². The van der Waals surface area contributed by atoms with Gasteiger partial charge in [-0.2, -0.15) is 13.2 Å². The molecule has 0 atom stereocenters. The second-order valence-electron chi connectivity index (χ2n) is 6.47. The molecule has 0 radical (unpaired) electrons. The number of hydrogen-bond acceptors (Lipinski definition) is 1. The predicted molar refractivity (Wildman–Crippen MR) is 104 cm³/mol. The number of aromatic carboxylic acids is 1. The molecule has 0 aliphatic rings. The Labute approximate surface area is 165 Å². The first kappa shape index (κ1) is 20.2. The fourth-order valence-corrected chi connectivity index (χ4v) is 3.57. The Morgan fingerprint density at radius 3 is 2.21 bits per heavy atom. The molecule has 0 saturated heterocycles. The molecule has 1 N–H and O–H groups in total. The van der Waals surface area contributed by atoms with Gasteiger partial charge < -0.3 is 9.67 Å².